The molecule has 1 aromatic rings. The van der Waals surface area contributed by atoms with Gasteiger partial charge in [0.05, 0.1) is 18.8 Å². The van der Waals surface area contributed by atoms with Crippen LogP contribution in [0.5, 0.6) is 5.75 Å². The molecule has 1 aromatic carbocycles. The molecular formula is C17H27NO2. The largest absolute Gasteiger partial charge is 0.497 e. The summed E-state index contributed by atoms with van der Waals surface area (Å²) in [6.45, 7) is 2.29. The molecule has 0 bridgehead atoms. The number of rotatable bonds is 4. The van der Waals surface area contributed by atoms with Crippen LogP contribution in [0.4, 0.5) is 0 Å². The Balaban J connectivity index is 2.33. The predicted octanol–water partition coefficient (Wildman–Crippen LogP) is 3.24. The number of methoxy groups -OCH3 is 1. The van der Waals surface area contributed by atoms with Crippen molar-refractivity contribution in [1.29, 1.82) is 0 Å². The Morgan fingerprint density at radius 2 is 2.15 bits per heavy atom. The number of ether oxygens (including phenoxy) is 1. The van der Waals surface area contributed by atoms with Gasteiger partial charge in [0.2, 0.25) is 0 Å². The molecule has 1 aliphatic carbocycles. The smallest absolute Gasteiger partial charge is 0.119 e. The van der Waals surface area contributed by atoms with Gasteiger partial charge in [0.1, 0.15) is 5.75 Å². The number of hydrogen-bond donors (Lipinski definition) is 1. The number of aliphatic hydroxyl groups excluding tert-OH is 1. The van der Waals surface area contributed by atoms with Gasteiger partial charge in [0, 0.05) is 0 Å². The molecule has 1 aliphatic rings. The monoisotopic (exact) mass is 277 g/mol. The normalized spacial score (nSPS) is 28.4. The number of likely N-dealkylation sites (N-methyl/N-ethyl adjacent to an activating group) is 1. The van der Waals surface area contributed by atoms with E-state index in [4.69, 9.17) is 4.74 Å². The van der Waals surface area contributed by atoms with Gasteiger partial charge >= 0.3 is 0 Å². The summed E-state index contributed by atoms with van der Waals surface area (Å²) in [4.78, 5) is 2.22. The summed E-state index contributed by atoms with van der Waals surface area (Å²) in [6.07, 6.45) is 4.05. The lowest BCUT2D eigenvalue weighted by molar-refractivity contribution is -0.0451. The Morgan fingerprint density at radius 3 is 2.75 bits per heavy atom. The highest BCUT2D eigenvalue weighted by Crippen LogP contribution is 2.44. The fourth-order valence-electron chi connectivity index (χ4n) is 3.59. The molecule has 20 heavy (non-hydrogen) atoms. The number of benzene rings is 1. The number of aliphatic hydroxyl groups is 1. The highest BCUT2D eigenvalue weighted by atomic mass is 16.5. The third-order valence-corrected chi connectivity index (χ3v) is 4.82. The Hall–Kier alpha value is -1.06. The van der Waals surface area contributed by atoms with Crippen LogP contribution in [0.2, 0.25) is 0 Å². The Kier molecular flexibility index (Phi) is 4.71. The highest BCUT2D eigenvalue weighted by Gasteiger charge is 2.43. The average Bonchev–Trinajstić information content (AvgIpc) is 2.46. The van der Waals surface area contributed by atoms with Crippen molar-refractivity contribution in [3.8, 4) is 5.75 Å². The van der Waals surface area contributed by atoms with E-state index < -0.39 is 6.10 Å². The zero-order valence-electron chi connectivity index (χ0n) is 13.1. The van der Waals surface area contributed by atoms with Crippen LogP contribution in [-0.4, -0.2) is 36.8 Å². The molecule has 1 N–H and O–H groups in total. The fraction of sp³-hybridized carbons (Fsp3) is 0.647. The van der Waals surface area contributed by atoms with Crippen molar-refractivity contribution in [3.05, 3.63) is 29.8 Å². The van der Waals surface area contributed by atoms with E-state index in [-0.39, 0.29) is 5.54 Å². The molecule has 1 saturated carbocycles. The van der Waals surface area contributed by atoms with E-state index in [0.29, 0.717) is 5.92 Å². The highest BCUT2D eigenvalue weighted by molar-refractivity contribution is 5.31. The van der Waals surface area contributed by atoms with Gasteiger partial charge in [-0.05, 0) is 50.6 Å². The Morgan fingerprint density at radius 1 is 1.40 bits per heavy atom. The summed E-state index contributed by atoms with van der Waals surface area (Å²) in [7, 11) is 5.83. The van der Waals surface area contributed by atoms with Gasteiger partial charge in [-0.1, -0.05) is 31.9 Å². The quantitative estimate of drug-likeness (QED) is 0.917. The minimum absolute atomic E-state index is 0.163. The third kappa shape index (κ3) is 2.84. The predicted molar refractivity (Wildman–Crippen MR) is 82.0 cm³/mol. The van der Waals surface area contributed by atoms with Gasteiger partial charge in [-0.25, -0.2) is 0 Å². The Bertz CT molecular complexity index is 446. The summed E-state index contributed by atoms with van der Waals surface area (Å²) < 4.78 is 5.28. The van der Waals surface area contributed by atoms with Crippen LogP contribution in [0.25, 0.3) is 0 Å². The maximum Gasteiger partial charge on any atom is 0.119 e. The van der Waals surface area contributed by atoms with Gasteiger partial charge < -0.3 is 14.7 Å². The van der Waals surface area contributed by atoms with Gasteiger partial charge in [-0.3, -0.25) is 0 Å². The van der Waals surface area contributed by atoms with Crippen molar-refractivity contribution >= 4 is 0 Å². The first-order chi connectivity index (χ1) is 9.49. The summed E-state index contributed by atoms with van der Waals surface area (Å²) in [6, 6.07) is 7.82. The van der Waals surface area contributed by atoms with Crippen molar-refractivity contribution in [3.63, 3.8) is 0 Å². The average molecular weight is 277 g/mol. The van der Waals surface area contributed by atoms with Crippen molar-refractivity contribution in [1.82, 2.24) is 4.90 Å². The molecule has 0 aromatic heterocycles. The van der Waals surface area contributed by atoms with E-state index >= 15 is 0 Å². The molecule has 3 heteroatoms. The molecule has 0 saturated heterocycles. The molecule has 0 heterocycles. The second kappa shape index (κ2) is 6.15. The molecule has 0 amide bonds. The molecule has 3 unspecified atom stereocenters. The zero-order valence-corrected chi connectivity index (χ0v) is 13.1. The summed E-state index contributed by atoms with van der Waals surface area (Å²) in [5, 5.41) is 11.0. The van der Waals surface area contributed by atoms with Crippen molar-refractivity contribution in [2.45, 2.75) is 44.2 Å². The molecule has 3 atom stereocenters. The maximum absolute atomic E-state index is 11.0. The second-order valence-electron chi connectivity index (χ2n) is 6.38. The molecule has 2 rings (SSSR count). The lowest BCUT2D eigenvalue weighted by Gasteiger charge is -2.48. The molecular weight excluding hydrogens is 250 g/mol. The molecule has 3 nitrogen and oxygen atoms in total. The van der Waals surface area contributed by atoms with E-state index in [1.807, 2.05) is 24.3 Å². The van der Waals surface area contributed by atoms with Gasteiger partial charge in [-0.2, -0.15) is 0 Å². The first-order valence-corrected chi connectivity index (χ1v) is 7.49. The van der Waals surface area contributed by atoms with E-state index in [1.165, 1.54) is 12.8 Å². The Labute approximate surface area is 122 Å². The first kappa shape index (κ1) is 15.3. The van der Waals surface area contributed by atoms with Crippen LogP contribution in [-0.2, 0) is 0 Å². The van der Waals surface area contributed by atoms with Crippen LogP contribution >= 0.6 is 0 Å². The summed E-state index contributed by atoms with van der Waals surface area (Å²) in [5.74, 6) is 1.46. The minimum Gasteiger partial charge on any atom is -0.497 e. The standard InChI is InChI=1S/C17H27NO2/c1-13-7-6-10-17(12-13,18(2)3)16(19)14-8-5-9-15(11-14)20-4/h5,8-9,11,13,16,19H,6-7,10,12H2,1-4H3. The summed E-state index contributed by atoms with van der Waals surface area (Å²) in [5.41, 5.74) is 0.788. The van der Waals surface area contributed by atoms with E-state index in [1.54, 1.807) is 7.11 Å². The molecule has 0 spiro atoms. The summed E-state index contributed by atoms with van der Waals surface area (Å²) >= 11 is 0. The van der Waals surface area contributed by atoms with Crippen LogP contribution < -0.4 is 4.74 Å². The van der Waals surface area contributed by atoms with Crippen molar-refractivity contribution in [2.75, 3.05) is 21.2 Å². The molecule has 0 aliphatic heterocycles. The van der Waals surface area contributed by atoms with Crippen LogP contribution in [0.3, 0.4) is 0 Å². The number of hydrogen-bond acceptors (Lipinski definition) is 3. The second-order valence-corrected chi connectivity index (χ2v) is 6.38. The molecule has 0 radical (unpaired) electrons. The van der Waals surface area contributed by atoms with Gasteiger partial charge in [0.15, 0.2) is 0 Å². The minimum atomic E-state index is -0.477. The topological polar surface area (TPSA) is 32.7 Å². The lowest BCUT2D eigenvalue weighted by Crippen LogP contribution is -2.52. The lowest BCUT2D eigenvalue weighted by atomic mass is 9.71. The van der Waals surface area contributed by atoms with E-state index in [9.17, 15) is 5.11 Å². The van der Waals surface area contributed by atoms with Crippen molar-refractivity contribution in [2.24, 2.45) is 5.92 Å². The maximum atomic E-state index is 11.0. The van der Waals surface area contributed by atoms with Crippen LogP contribution in [0, 0.1) is 5.92 Å². The van der Waals surface area contributed by atoms with Gasteiger partial charge in [0.25, 0.3) is 0 Å². The fourth-order valence-corrected chi connectivity index (χ4v) is 3.59. The first-order valence-electron chi connectivity index (χ1n) is 7.49. The number of nitrogens with zero attached hydrogens (tertiary/aromatic N) is 1. The van der Waals surface area contributed by atoms with E-state index in [2.05, 4.69) is 25.9 Å². The SMILES string of the molecule is COc1cccc(C(O)C2(N(C)C)CCCC(C)C2)c1. The molecule has 112 valence electrons. The van der Waals surface area contributed by atoms with Crippen LogP contribution in [0.15, 0.2) is 24.3 Å². The van der Waals surface area contributed by atoms with Crippen molar-refractivity contribution < 1.29 is 9.84 Å². The zero-order chi connectivity index (χ0) is 14.8. The third-order valence-electron chi connectivity index (χ3n) is 4.82. The van der Waals surface area contributed by atoms with Gasteiger partial charge in [-0.15, -0.1) is 0 Å². The van der Waals surface area contributed by atoms with Crippen LogP contribution in [0.1, 0.15) is 44.3 Å². The van der Waals surface area contributed by atoms with E-state index in [0.717, 1.165) is 24.2 Å². The molecule has 1 fully saturated rings.